The summed E-state index contributed by atoms with van der Waals surface area (Å²) >= 11 is 0. The average Bonchev–Trinajstić information content (AvgIpc) is 2.76. The molecule has 156 valence electrons. The molecule has 0 N–H and O–H groups in total. The molecule has 0 aliphatic heterocycles. The Hall–Kier alpha value is -0.996. The molecule has 0 saturated carbocycles. The smallest absolute Gasteiger partial charge is 0.387 e. The lowest BCUT2D eigenvalue weighted by molar-refractivity contribution is 0.293. The van der Waals surface area contributed by atoms with Crippen molar-refractivity contribution in [2.24, 2.45) is 0 Å². The Morgan fingerprint density at radius 1 is 0.379 bits per heavy atom. The lowest BCUT2D eigenvalue weighted by Crippen LogP contribution is -2.33. The summed E-state index contributed by atoms with van der Waals surface area (Å²) in [7, 11) is 1.91. The Morgan fingerprint density at radius 3 is 0.690 bits per heavy atom. The Kier molecular flexibility index (Phi) is 16.2. The molecule has 8 nitrogen and oxygen atoms in total. The van der Waals surface area contributed by atoms with Gasteiger partial charge in [0.1, 0.15) is 0 Å². The van der Waals surface area contributed by atoms with E-state index in [0.717, 1.165) is 0 Å². The fraction of sp³-hybridized carbons (Fsp3) is 0.500. The van der Waals surface area contributed by atoms with Crippen molar-refractivity contribution >= 4 is 45.2 Å². The highest BCUT2D eigenvalue weighted by molar-refractivity contribution is 7.08. The van der Waals surface area contributed by atoms with E-state index in [-0.39, 0.29) is 0 Å². The first kappa shape index (κ1) is 28.0. The minimum Gasteiger partial charge on any atom is -0.387 e. The second-order valence-corrected chi connectivity index (χ2v) is 13.6. The Bertz CT molecular complexity index is 579. The number of rotatable bonds is 8. The van der Waals surface area contributed by atoms with Gasteiger partial charge in [0.25, 0.3) is 0 Å². The average molecular weight is 485 g/mol. The van der Waals surface area contributed by atoms with Crippen molar-refractivity contribution in [2.45, 2.75) is 0 Å². The summed E-state index contributed by atoms with van der Waals surface area (Å²) in [5, 5.41) is 0. The SMILES string of the molecule is CO[Si](C#C[Si](C#C[Si](OC)OC)(C#C[Si](OC)OC)C#C[Si](OC)OC)OC. The molecule has 0 bridgehead atoms. The first-order valence-electron chi connectivity index (χ1n) is 7.90. The van der Waals surface area contributed by atoms with Gasteiger partial charge < -0.3 is 35.4 Å². The van der Waals surface area contributed by atoms with Gasteiger partial charge >= 0.3 is 45.2 Å². The molecule has 0 unspecified atom stereocenters. The number of hydrogen-bond acceptors (Lipinski definition) is 8. The zero-order valence-corrected chi connectivity index (χ0v) is 22.8. The van der Waals surface area contributed by atoms with Crippen LogP contribution in [0, 0.1) is 44.3 Å². The zero-order chi connectivity index (χ0) is 22.1. The van der Waals surface area contributed by atoms with Crippen molar-refractivity contribution in [2.75, 3.05) is 56.9 Å². The van der Waals surface area contributed by atoms with Crippen LogP contribution in [0.5, 0.6) is 0 Å². The molecule has 0 fully saturated rings. The van der Waals surface area contributed by atoms with Gasteiger partial charge in [0, 0.05) is 56.9 Å². The largest absolute Gasteiger partial charge is 0.482 e. The van der Waals surface area contributed by atoms with E-state index in [4.69, 9.17) is 35.4 Å². The van der Waals surface area contributed by atoms with Crippen molar-refractivity contribution in [3.05, 3.63) is 0 Å². The highest BCUT2D eigenvalue weighted by Gasteiger charge is 2.29. The molecule has 29 heavy (non-hydrogen) atoms. The predicted molar refractivity (Wildman–Crippen MR) is 116 cm³/mol. The van der Waals surface area contributed by atoms with Crippen LogP contribution in [0.15, 0.2) is 0 Å². The van der Waals surface area contributed by atoms with Gasteiger partial charge in [-0.05, 0) is 0 Å². The summed E-state index contributed by atoms with van der Waals surface area (Å²) in [5.74, 6) is 0. The van der Waals surface area contributed by atoms with Gasteiger partial charge in [0.2, 0.25) is 0 Å². The van der Waals surface area contributed by atoms with Gasteiger partial charge in [0.15, 0.2) is 0 Å². The fourth-order valence-electron chi connectivity index (χ4n) is 1.51. The van der Waals surface area contributed by atoms with Gasteiger partial charge in [-0.25, -0.2) is 0 Å². The van der Waals surface area contributed by atoms with E-state index in [9.17, 15) is 0 Å². The molecule has 4 radical (unpaired) electrons. The van der Waals surface area contributed by atoms with Crippen LogP contribution < -0.4 is 0 Å². The summed E-state index contributed by atoms with van der Waals surface area (Å²) in [6.07, 6.45) is 0. The highest BCUT2D eigenvalue weighted by atomic mass is 28.3. The van der Waals surface area contributed by atoms with Crippen LogP contribution in [0.25, 0.3) is 0 Å². The monoisotopic (exact) mass is 484 g/mol. The van der Waals surface area contributed by atoms with Crippen LogP contribution >= 0.6 is 0 Å². The van der Waals surface area contributed by atoms with E-state index < -0.39 is 45.2 Å². The summed E-state index contributed by atoms with van der Waals surface area (Å²) < 4.78 is 42.0. The lowest BCUT2D eigenvalue weighted by atomic mass is 11.3. The molecule has 0 spiro atoms. The van der Waals surface area contributed by atoms with E-state index in [1.807, 2.05) is 0 Å². The molecule has 0 rings (SSSR count). The minimum absolute atomic E-state index is 1.53. The summed E-state index contributed by atoms with van der Waals surface area (Å²) in [5.41, 5.74) is 24.5. The maximum atomic E-state index is 5.25. The first-order chi connectivity index (χ1) is 14.0. The molecule has 0 aromatic rings. The fourth-order valence-corrected chi connectivity index (χ4v) is 8.00. The summed E-state index contributed by atoms with van der Waals surface area (Å²) in [6.45, 7) is 0. The Balaban J connectivity index is 6.57. The molecule has 0 aromatic heterocycles. The molecule has 0 aliphatic carbocycles. The lowest BCUT2D eigenvalue weighted by Gasteiger charge is -2.08. The maximum absolute atomic E-state index is 5.25. The van der Waals surface area contributed by atoms with E-state index in [2.05, 4.69) is 44.3 Å². The van der Waals surface area contributed by atoms with Crippen LogP contribution in [0.3, 0.4) is 0 Å². The molecule has 0 heterocycles. The number of hydrogen-bond donors (Lipinski definition) is 0. The van der Waals surface area contributed by atoms with Crippen molar-refractivity contribution in [1.82, 2.24) is 0 Å². The second-order valence-electron chi connectivity index (χ2n) is 4.53. The van der Waals surface area contributed by atoms with E-state index in [0.29, 0.717) is 0 Å². The van der Waals surface area contributed by atoms with Gasteiger partial charge in [-0.3, -0.25) is 0 Å². The quantitative estimate of drug-likeness (QED) is 0.317. The third-order valence-electron chi connectivity index (χ3n) is 2.89. The summed E-state index contributed by atoms with van der Waals surface area (Å²) in [6, 6.07) is 0. The Labute approximate surface area is 181 Å². The van der Waals surface area contributed by atoms with E-state index in [1.165, 1.54) is 56.9 Å². The van der Waals surface area contributed by atoms with Crippen LogP contribution in [-0.4, -0.2) is 102 Å². The second kappa shape index (κ2) is 16.8. The molecule has 13 heteroatoms. The summed E-state index contributed by atoms with van der Waals surface area (Å²) in [4.78, 5) is 0. The molecular weight excluding hydrogens is 461 g/mol. The predicted octanol–water partition coefficient (Wildman–Crippen LogP) is -1.11. The van der Waals surface area contributed by atoms with Crippen molar-refractivity contribution in [3.8, 4) is 44.3 Å². The molecule has 0 saturated heterocycles. The Morgan fingerprint density at radius 2 is 0.552 bits per heavy atom. The van der Waals surface area contributed by atoms with Gasteiger partial charge in [-0.2, -0.15) is 0 Å². The normalized spacial score (nSPS) is 10.6. The van der Waals surface area contributed by atoms with Crippen molar-refractivity contribution in [3.63, 3.8) is 0 Å². The van der Waals surface area contributed by atoms with Gasteiger partial charge in [-0.15, -0.1) is 0 Å². The van der Waals surface area contributed by atoms with E-state index in [1.54, 1.807) is 0 Å². The van der Waals surface area contributed by atoms with Crippen LogP contribution in [0.4, 0.5) is 0 Å². The highest BCUT2D eigenvalue weighted by Crippen LogP contribution is 2.01. The standard InChI is InChI=1S/C16H24O8Si5/c1-17-25(18-2)9-13-29(14-10-26(19-3)20-4,15-11-27(21-5)22-6)16-12-28(23-7)24-8/h1-8H3. The van der Waals surface area contributed by atoms with E-state index >= 15 is 0 Å². The first-order valence-corrected chi connectivity index (χ1v) is 15.2. The minimum atomic E-state index is -3.16. The van der Waals surface area contributed by atoms with Crippen LogP contribution in [0.1, 0.15) is 0 Å². The third-order valence-corrected chi connectivity index (χ3v) is 10.2. The molecule has 0 amide bonds. The zero-order valence-electron chi connectivity index (χ0n) is 17.8. The molecular formula is C16H24O8Si5. The van der Waals surface area contributed by atoms with Crippen molar-refractivity contribution in [1.29, 1.82) is 0 Å². The van der Waals surface area contributed by atoms with Crippen molar-refractivity contribution < 1.29 is 35.4 Å². The molecule has 0 aromatic carbocycles. The molecule has 0 atom stereocenters. The van der Waals surface area contributed by atoms with Crippen LogP contribution in [-0.2, 0) is 35.4 Å². The third kappa shape index (κ3) is 11.1. The molecule has 0 aliphatic rings. The van der Waals surface area contributed by atoms with Gasteiger partial charge in [-0.1, -0.05) is 44.3 Å². The van der Waals surface area contributed by atoms with Crippen LogP contribution in [0.2, 0.25) is 0 Å². The maximum Gasteiger partial charge on any atom is 0.482 e. The van der Waals surface area contributed by atoms with Gasteiger partial charge in [0.05, 0.1) is 0 Å². The topological polar surface area (TPSA) is 73.8 Å².